The molecule has 2 N–H and O–H groups in total. The summed E-state index contributed by atoms with van der Waals surface area (Å²) in [5.41, 5.74) is 0.683. The van der Waals surface area contributed by atoms with Gasteiger partial charge in [-0.05, 0) is 24.2 Å². The van der Waals surface area contributed by atoms with Crippen LogP contribution in [-0.4, -0.2) is 21.2 Å². The third kappa shape index (κ3) is 2.02. The van der Waals surface area contributed by atoms with Gasteiger partial charge < -0.3 is 5.11 Å². The minimum absolute atomic E-state index is 0.0122. The van der Waals surface area contributed by atoms with Gasteiger partial charge in [-0.25, -0.2) is 5.26 Å². The van der Waals surface area contributed by atoms with Gasteiger partial charge in [0.15, 0.2) is 9.64 Å². The molecule has 0 amide bonds. The zero-order chi connectivity index (χ0) is 14.4. The molecule has 2 rings (SSSR count). The number of hydrogen-bond acceptors (Lipinski definition) is 3. The van der Waals surface area contributed by atoms with Gasteiger partial charge in [-0.1, -0.05) is 39.0 Å². The van der Waals surface area contributed by atoms with Crippen molar-refractivity contribution in [3.8, 4) is 0 Å². The Bertz CT molecular complexity index is 470. The molecule has 0 radical (unpaired) electrons. The van der Waals surface area contributed by atoms with Crippen LogP contribution in [0.3, 0.4) is 0 Å². The number of rotatable bonds is 1. The molecule has 1 heterocycles. The summed E-state index contributed by atoms with van der Waals surface area (Å²) in [6.45, 7) is 10.2. The lowest BCUT2D eigenvalue weighted by Gasteiger charge is -2.40. The third-order valence-electron chi connectivity index (χ3n) is 4.91. The molecule has 3 unspecified atom stereocenters. The average Bonchev–Trinajstić information content (AvgIpc) is 2.40. The van der Waals surface area contributed by atoms with Crippen molar-refractivity contribution in [1.29, 1.82) is 0 Å². The van der Waals surface area contributed by atoms with E-state index in [9.17, 15) is 10.4 Å². The van der Waals surface area contributed by atoms with Crippen molar-refractivity contribution in [2.24, 2.45) is 5.41 Å². The average molecular weight is 283 g/mol. The molecule has 0 saturated carbocycles. The van der Waals surface area contributed by atoms with Gasteiger partial charge in [0.2, 0.25) is 11.2 Å². The van der Waals surface area contributed by atoms with E-state index in [2.05, 4.69) is 0 Å². The van der Waals surface area contributed by atoms with Gasteiger partial charge >= 0.3 is 0 Å². The van der Waals surface area contributed by atoms with Crippen LogP contribution in [-0.2, 0) is 15.5 Å². The predicted octanol–water partition coefficient (Wildman–Crippen LogP) is 3.35. The molecule has 4 heteroatoms. The topological polar surface area (TPSA) is 49.7 Å². The Labute approximate surface area is 118 Å². The number of aliphatic hydroxyl groups excluding tert-OH is 1. The lowest BCUT2D eigenvalue weighted by molar-refractivity contribution is -0.127. The molecule has 1 aromatic carbocycles. The van der Waals surface area contributed by atoms with Crippen molar-refractivity contribution >= 4 is 11.2 Å². The molecular weight excluding hydrogens is 260 g/mol. The van der Waals surface area contributed by atoms with Gasteiger partial charge in [0.1, 0.15) is 0 Å². The number of aliphatic hydroxyl groups is 1. The number of fused-ring (bicyclic) bond motifs is 1. The summed E-state index contributed by atoms with van der Waals surface area (Å²) in [6, 6.07) is 7.92. The summed E-state index contributed by atoms with van der Waals surface area (Å²) in [5, 5.41) is 20.2. The molecule has 1 aromatic rings. The minimum atomic E-state index is -0.770. The second-order valence-corrected chi connectivity index (χ2v) is 8.49. The molecule has 3 nitrogen and oxygen atoms in total. The SMILES string of the molecule is CC1c2ccccc2[S+](OO)C(C)(C)C(C)(C)C1O. The highest BCUT2D eigenvalue weighted by atomic mass is 32.2. The normalized spacial score (nSPS) is 32.5. The van der Waals surface area contributed by atoms with E-state index in [1.54, 1.807) is 0 Å². The van der Waals surface area contributed by atoms with E-state index in [1.807, 2.05) is 58.9 Å². The van der Waals surface area contributed by atoms with E-state index >= 15 is 0 Å². The summed E-state index contributed by atoms with van der Waals surface area (Å²) in [5.74, 6) is 0.0122. The van der Waals surface area contributed by atoms with Crippen LogP contribution in [0.4, 0.5) is 0 Å². The first kappa shape index (κ1) is 14.9. The van der Waals surface area contributed by atoms with Gasteiger partial charge in [-0.15, -0.1) is 0 Å². The van der Waals surface area contributed by atoms with Crippen LogP contribution in [0.1, 0.15) is 46.1 Å². The first-order chi connectivity index (χ1) is 8.75. The van der Waals surface area contributed by atoms with E-state index in [4.69, 9.17) is 4.33 Å². The Morgan fingerprint density at radius 3 is 2.32 bits per heavy atom. The van der Waals surface area contributed by atoms with Crippen molar-refractivity contribution in [1.82, 2.24) is 0 Å². The first-order valence-electron chi connectivity index (χ1n) is 6.58. The van der Waals surface area contributed by atoms with E-state index < -0.39 is 17.3 Å². The van der Waals surface area contributed by atoms with Gasteiger partial charge in [-0.3, -0.25) is 0 Å². The molecule has 3 atom stereocenters. The smallest absolute Gasteiger partial charge is 0.231 e. The quantitative estimate of drug-likeness (QED) is 0.472. The first-order valence-corrected chi connectivity index (χ1v) is 7.73. The molecule has 19 heavy (non-hydrogen) atoms. The fraction of sp³-hybridized carbons (Fsp3) is 0.600. The molecular formula is C15H23O3S+. The Kier molecular flexibility index (Phi) is 3.73. The van der Waals surface area contributed by atoms with Gasteiger partial charge in [0.05, 0.1) is 6.10 Å². The highest BCUT2D eigenvalue weighted by molar-refractivity contribution is 7.93. The van der Waals surface area contributed by atoms with E-state index in [1.165, 1.54) is 0 Å². The molecule has 1 aliphatic heterocycles. The van der Waals surface area contributed by atoms with Crippen molar-refractivity contribution < 1.29 is 14.7 Å². The zero-order valence-electron chi connectivity index (χ0n) is 12.2. The van der Waals surface area contributed by atoms with Crippen molar-refractivity contribution in [2.75, 3.05) is 0 Å². The van der Waals surface area contributed by atoms with Crippen LogP contribution >= 0.6 is 0 Å². The standard InChI is InChI=1S/C15H22O3S/c1-10-11-8-6-7-9-12(11)19(18-17)15(4,5)14(2,3)13(10)16/h6-10,13,16H,1-5H3/p+1. The van der Waals surface area contributed by atoms with Crippen LogP contribution in [0.5, 0.6) is 0 Å². The van der Waals surface area contributed by atoms with Crippen LogP contribution in [0.25, 0.3) is 0 Å². The van der Waals surface area contributed by atoms with Crippen LogP contribution in [0.15, 0.2) is 29.2 Å². The van der Waals surface area contributed by atoms with E-state index in [-0.39, 0.29) is 16.1 Å². The molecule has 0 saturated heterocycles. The van der Waals surface area contributed by atoms with Gasteiger partial charge in [0, 0.05) is 16.9 Å². The Hall–Kier alpha value is -0.550. The van der Waals surface area contributed by atoms with Gasteiger partial charge in [-0.2, -0.15) is 0 Å². The monoisotopic (exact) mass is 283 g/mol. The highest BCUT2D eigenvalue weighted by Crippen LogP contribution is 2.51. The van der Waals surface area contributed by atoms with E-state index in [0.717, 1.165) is 10.5 Å². The molecule has 106 valence electrons. The number of hydrogen-bond donors (Lipinski definition) is 2. The number of benzene rings is 1. The highest BCUT2D eigenvalue weighted by Gasteiger charge is 2.62. The van der Waals surface area contributed by atoms with Crippen LogP contribution in [0.2, 0.25) is 0 Å². The molecule has 0 fully saturated rings. The van der Waals surface area contributed by atoms with Crippen LogP contribution in [0, 0.1) is 5.41 Å². The lowest BCUT2D eigenvalue weighted by Crippen LogP contribution is -2.52. The molecule has 0 bridgehead atoms. The Morgan fingerprint density at radius 2 is 1.74 bits per heavy atom. The van der Waals surface area contributed by atoms with Crippen molar-refractivity contribution in [2.45, 2.75) is 56.3 Å². The second kappa shape index (κ2) is 4.77. The fourth-order valence-electron chi connectivity index (χ4n) is 2.82. The third-order valence-corrected chi connectivity index (χ3v) is 7.29. The minimum Gasteiger partial charge on any atom is -0.392 e. The maximum Gasteiger partial charge on any atom is 0.231 e. The van der Waals surface area contributed by atoms with E-state index in [0.29, 0.717) is 0 Å². The maximum atomic E-state index is 10.7. The summed E-state index contributed by atoms with van der Waals surface area (Å²) in [7, 11) is 0. The summed E-state index contributed by atoms with van der Waals surface area (Å²) in [6.07, 6.45) is -0.490. The molecule has 1 aliphatic rings. The lowest BCUT2D eigenvalue weighted by atomic mass is 9.70. The van der Waals surface area contributed by atoms with Crippen molar-refractivity contribution in [3.05, 3.63) is 29.8 Å². The predicted molar refractivity (Wildman–Crippen MR) is 78.1 cm³/mol. The molecule has 0 aromatic heterocycles. The Morgan fingerprint density at radius 1 is 1.16 bits per heavy atom. The summed E-state index contributed by atoms with van der Waals surface area (Å²) >= 11 is -0.770. The largest absolute Gasteiger partial charge is 0.392 e. The second-order valence-electron chi connectivity index (χ2n) is 6.35. The maximum absolute atomic E-state index is 10.7. The molecule has 0 spiro atoms. The zero-order valence-corrected chi connectivity index (χ0v) is 13.0. The fourth-order valence-corrected chi connectivity index (χ4v) is 4.91. The Balaban J connectivity index is 2.70. The van der Waals surface area contributed by atoms with Crippen molar-refractivity contribution in [3.63, 3.8) is 0 Å². The summed E-state index contributed by atoms with van der Waals surface area (Å²) < 4.78 is 4.49. The molecule has 0 aliphatic carbocycles. The van der Waals surface area contributed by atoms with Gasteiger partial charge in [0.25, 0.3) is 0 Å². The van der Waals surface area contributed by atoms with Crippen LogP contribution < -0.4 is 0 Å². The summed E-state index contributed by atoms with van der Waals surface area (Å²) in [4.78, 5) is 0.993.